The summed E-state index contributed by atoms with van der Waals surface area (Å²) in [6, 6.07) is 0. The maximum Gasteiger partial charge on any atom is 0.0681 e. The predicted octanol–water partition coefficient (Wildman–Crippen LogP) is 0.234. The lowest BCUT2D eigenvalue weighted by molar-refractivity contribution is 0.0867. The zero-order valence-corrected chi connectivity index (χ0v) is 6.27. The first-order valence-corrected chi connectivity index (χ1v) is 4.22. The Hall–Kier alpha value is 0.270. The van der Waals surface area contributed by atoms with Crippen LogP contribution in [-0.2, 0) is 0 Å². The highest BCUT2D eigenvalue weighted by Crippen LogP contribution is 2.24. The molecule has 9 heavy (non-hydrogen) atoms. The summed E-state index contributed by atoms with van der Waals surface area (Å²) in [5.74, 6) is 0.776. The van der Waals surface area contributed by atoms with Gasteiger partial charge >= 0.3 is 0 Å². The Bertz CT molecular complexity index is 97.1. The minimum Gasteiger partial charge on any atom is -0.392 e. The first-order valence-electron chi connectivity index (χ1n) is 3.18. The zero-order valence-electron chi connectivity index (χ0n) is 5.45. The third-order valence-electron chi connectivity index (χ3n) is 1.61. The van der Waals surface area contributed by atoms with Crippen molar-refractivity contribution in [3.05, 3.63) is 0 Å². The molecule has 1 saturated heterocycles. The molecular weight excluding hydrogens is 136 g/mol. The molecule has 2 nitrogen and oxygen atoms in total. The summed E-state index contributed by atoms with van der Waals surface area (Å²) < 4.78 is 0. The number of thioether (sulfide) groups is 1. The van der Waals surface area contributed by atoms with E-state index in [4.69, 9.17) is 10.2 Å². The Labute approximate surface area is 59.3 Å². The van der Waals surface area contributed by atoms with Crippen molar-refractivity contribution in [2.75, 3.05) is 5.75 Å². The van der Waals surface area contributed by atoms with Crippen LogP contribution in [0.5, 0.6) is 0 Å². The first kappa shape index (κ1) is 7.38. The van der Waals surface area contributed by atoms with Crippen molar-refractivity contribution in [1.82, 2.24) is 0 Å². The second kappa shape index (κ2) is 2.90. The van der Waals surface area contributed by atoms with Crippen molar-refractivity contribution in [1.29, 1.82) is 0 Å². The molecule has 3 atom stereocenters. The van der Waals surface area contributed by atoms with Crippen LogP contribution in [0.15, 0.2) is 0 Å². The highest BCUT2D eigenvalue weighted by Gasteiger charge is 2.24. The summed E-state index contributed by atoms with van der Waals surface area (Å²) in [6.45, 7) is 1.99. The second-order valence-electron chi connectivity index (χ2n) is 2.50. The lowest BCUT2D eigenvalue weighted by Crippen LogP contribution is -2.33. The highest BCUT2D eigenvalue weighted by molar-refractivity contribution is 8.00. The van der Waals surface area contributed by atoms with Crippen molar-refractivity contribution in [2.24, 2.45) is 0 Å². The van der Waals surface area contributed by atoms with E-state index in [9.17, 15) is 0 Å². The van der Waals surface area contributed by atoms with Crippen molar-refractivity contribution in [2.45, 2.75) is 30.8 Å². The SMILES string of the molecule is CC1SCC(O)CC1O. The van der Waals surface area contributed by atoms with Gasteiger partial charge < -0.3 is 10.2 Å². The van der Waals surface area contributed by atoms with Crippen LogP contribution >= 0.6 is 11.8 Å². The third kappa shape index (κ3) is 1.85. The van der Waals surface area contributed by atoms with Crippen LogP contribution < -0.4 is 0 Å². The molecule has 0 radical (unpaired) electrons. The quantitative estimate of drug-likeness (QED) is 0.517. The van der Waals surface area contributed by atoms with Gasteiger partial charge in [0.25, 0.3) is 0 Å². The Kier molecular flexibility index (Phi) is 2.38. The van der Waals surface area contributed by atoms with Crippen molar-refractivity contribution < 1.29 is 10.2 Å². The fourth-order valence-corrected chi connectivity index (χ4v) is 1.91. The van der Waals surface area contributed by atoms with E-state index in [1.54, 1.807) is 11.8 Å². The van der Waals surface area contributed by atoms with Gasteiger partial charge in [-0.1, -0.05) is 6.92 Å². The molecule has 1 aliphatic rings. The van der Waals surface area contributed by atoms with Gasteiger partial charge in [-0.05, 0) is 0 Å². The molecule has 0 bridgehead atoms. The molecule has 54 valence electrons. The molecule has 0 spiro atoms. The van der Waals surface area contributed by atoms with Crippen LogP contribution in [0, 0.1) is 0 Å². The van der Waals surface area contributed by atoms with Gasteiger partial charge in [0, 0.05) is 17.4 Å². The lowest BCUT2D eigenvalue weighted by Gasteiger charge is -2.27. The summed E-state index contributed by atoms with van der Waals surface area (Å²) in [4.78, 5) is 0. The van der Waals surface area contributed by atoms with Crippen molar-refractivity contribution in [3.8, 4) is 0 Å². The maximum atomic E-state index is 9.17. The zero-order chi connectivity index (χ0) is 6.85. The topological polar surface area (TPSA) is 40.5 Å². The molecule has 0 amide bonds. The summed E-state index contributed by atoms with van der Waals surface area (Å²) in [7, 11) is 0. The minimum atomic E-state index is -0.307. The molecular formula is C6H12O2S. The Morgan fingerprint density at radius 2 is 2.11 bits per heavy atom. The van der Waals surface area contributed by atoms with Gasteiger partial charge in [-0.15, -0.1) is 0 Å². The van der Waals surface area contributed by atoms with Crippen LogP contribution in [0.25, 0.3) is 0 Å². The highest BCUT2D eigenvalue weighted by atomic mass is 32.2. The summed E-state index contributed by atoms with van der Waals surface area (Å²) in [5, 5.41) is 18.5. The van der Waals surface area contributed by atoms with Crippen LogP contribution in [0.3, 0.4) is 0 Å². The van der Waals surface area contributed by atoms with Gasteiger partial charge in [0.05, 0.1) is 12.2 Å². The number of aliphatic hydroxyl groups is 2. The minimum absolute atomic E-state index is 0.291. The van der Waals surface area contributed by atoms with E-state index >= 15 is 0 Å². The van der Waals surface area contributed by atoms with E-state index in [2.05, 4.69) is 0 Å². The van der Waals surface area contributed by atoms with E-state index in [1.807, 2.05) is 6.92 Å². The van der Waals surface area contributed by atoms with E-state index in [1.165, 1.54) is 0 Å². The molecule has 2 N–H and O–H groups in total. The maximum absolute atomic E-state index is 9.17. The fourth-order valence-electron chi connectivity index (χ4n) is 0.912. The van der Waals surface area contributed by atoms with Crippen molar-refractivity contribution in [3.63, 3.8) is 0 Å². The predicted molar refractivity (Wildman–Crippen MR) is 38.6 cm³/mol. The monoisotopic (exact) mass is 148 g/mol. The van der Waals surface area contributed by atoms with Crippen LogP contribution in [0.2, 0.25) is 0 Å². The fraction of sp³-hybridized carbons (Fsp3) is 1.00. The molecule has 0 saturated carbocycles. The molecule has 0 aromatic rings. The molecule has 0 aliphatic carbocycles. The van der Waals surface area contributed by atoms with E-state index < -0.39 is 0 Å². The molecule has 1 aliphatic heterocycles. The van der Waals surface area contributed by atoms with Gasteiger partial charge in [0.2, 0.25) is 0 Å². The van der Waals surface area contributed by atoms with Gasteiger partial charge in [-0.3, -0.25) is 0 Å². The molecule has 0 aromatic carbocycles. The van der Waals surface area contributed by atoms with Crippen LogP contribution in [0.1, 0.15) is 13.3 Å². The smallest absolute Gasteiger partial charge is 0.0681 e. The van der Waals surface area contributed by atoms with Crippen LogP contribution in [0.4, 0.5) is 0 Å². The standard InChI is InChI=1S/C6H12O2S/c1-4-6(8)2-5(7)3-9-4/h4-8H,2-3H2,1H3. The molecule has 0 aromatic heterocycles. The molecule has 1 heterocycles. The number of hydrogen-bond acceptors (Lipinski definition) is 3. The van der Waals surface area contributed by atoms with Gasteiger partial charge in [-0.2, -0.15) is 11.8 Å². The molecule has 1 rings (SSSR count). The largest absolute Gasteiger partial charge is 0.392 e. The first-order chi connectivity index (χ1) is 4.20. The molecule has 1 fully saturated rings. The van der Waals surface area contributed by atoms with Gasteiger partial charge in [-0.25, -0.2) is 0 Å². The van der Waals surface area contributed by atoms with Gasteiger partial charge in [0.15, 0.2) is 0 Å². The Balaban J connectivity index is 2.35. The summed E-state index contributed by atoms with van der Waals surface area (Å²) in [6.07, 6.45) is -0.0475. The van der Waals surface area contributed by atoms with E-state index in [-0.39, 0.29) is 12.2 Å². The van der Waals surface area contributed by atoms with E-state index in [0.717, 1.165) is 5.75 Å². The summed E-state index contributed by atoms with van der Waals surface area (Å²) >= 11 is 1.63. The number of rotatable bonds is 0. The molecule has 3 heteroatoms. The van der Waals surface area contributed by atoms with Crippen molar-refractivity contribution >= 4 is 11.8 Å². The second-order valence-corrected chi connectivity index (χ2v) is 3.91. The lowest BCUT2D eigenvalue weighted by atomic mass is 10.1. The van der Waals surface area contributed by atoms with Crippen LogP contribution in [-0.4, -0.2) is 33.4 Å². The average molecular weight is 148 g/mol. The molecule has 3 unspecified atom stereocenters. The Morgan fingerprint density at radius 1 is 1.44 bits per heavy atom. The Morgan fingerprint density at radius 3 is 2.56 bits per heavy atom. The third-order valence-corrected chi connectivity index (χ3v) is 3.02. The normalized spacial score (nSPS) is 45.0. The number of hydrogen-bond donors (Lipinski definition) is 2. The van der Waals surface area contributed by atoms with E-state index in [0.29, 0.717) is 11.7 Å². The summed E-state index contributed by atoms with van der Waals surface area (Å²) in [5.41, 5.74) is 0. The average Bonchev–Trinajstić information content (AvgIpc) is 1.80. The number of aliphatic hydroxyl groups excluding tert-OH is 2. The van der Waals surface area contributed by atoms with Gasteiger partial charge in [0.1, 0.15) is 0 Å².